The summed E-state index contributed by atoms with van der Waals surface area (Å²) in [4.78, 5) is 15.1. The van der Waals surface area contributed by atoms with Gasteiger partial charge in [-0.1, -0.05) is 61.6 Å². The van der Waals surface area contributed by atoms with E-state index in [-0.39, 0.29) is 12.6 Å². The molecule has 0 aromatic heterocycles. The second-order valence-electron chi connectivity index (χ2n) is 12.3. The Morgan fingerprint density at radius 3 is 2.46 bits per heavy atom. The summed E-state index contributed by atoms with van der Waals surface area (Å²) in [7, 11) is -1.77. The van der Waals surface area contributed by atoms with Crippen molar-refractivity contribution in [2.45, 2.75) is 59.1 Å². The van der Waals surface area contributed by atoms with Gasteiger partial charge in [0.25, 0.3) is 0 Å². The molecule has 0 saturated heterocycles. The molecule has 0 aliphatic carbocycles. The standard InChI is InChI=1S/C31H46NO5PSi/c1-23(20-32(16-18-38(4,5)34)21-25-12-10-9-11-13-25)14-15-26-29(35-3)24(2)27-22-37-31(33)28(27)30(26)36-17-19-39(6,7)8/h9-14H,15-22H2,1-8H3/b23-14+. The number of carbonyl (C=O) groups is 1. The predicted octanol–water partition coefficient (Wildman–Crippen LogP) is 7.00. The Labute approximate surface area is 236 Å². The Hall–Kier alpha value is -2.34. The highest BCUT2D eigenvalue weighted by molar-refractivity contribution is 7.62. The van der Waals surface area contributed by atoms with Gasteiger partial charge in [-0.2, -0.15) is 0 Å². The predicted molar refractivity (Wildman–Crippen MR) is 164 cm³/mol. The summed E-state index contributed by atoms with van der Waals surface area (Å²) in [6.07, 6.45) is 3.46. The third-order valence-corrected chi connectivity index (χ3v) is 10.0. The fourth-order valence-corrected chi connectivity index (χ4v) is 6.24. The molecule has 2 aromatic rings. The molecule has 0 N–H and O–H groups in total. The second kappa shape index (κ2) is 13.3. The Bertz CT molecular complexity index is 1230. The number of benzene rings is 2. The zero-order valence-corrected chi connectivity index (χ0v) is 27.0. The van der Waals surface area contributed by atoms with Crippen LogP contribution in [0, 0.1) is 6.92 Å². The summed E-state index contributed by atoms with van der Waals surface area (Å²) in [5, 5.41) is 0. The van der Waals surface area contributed by atoms with Crippen LogP contribution in [0.4, 0.5) is 0 Å². The number of esters is 1. The van der Waals surface area contributed by atoms with Crippen molar-refractivity contribution in [2.24, 2.45) is 0 Å². The third kappa shape index (κ3) is 9.09. The maximum absolute atomic E-state index is 12.8. The van der Waals surface area contributed by atoms with Gasteiger partial charge in [-0.15, -0.1) is 0 Å². The van der Waals surface area contributed by atoms with Crippen molar-refractivity contribution < 1.29 is 23.6 Å². The average Bonchev–Trinajstić information content (AvgIpc) is 3.24. The monoisotopic (exact) mass is 571 g/mol. The van der Waals surface area contributed by atoms with Gasteiger partial charge in [0, 0.05) is 45.0 Å². The van der Waals surface area contributed by atoms with Crippen LogP contribution < -0.4 is 9.47 Å². The van der Waals surface area contributed by atoms with Crippen molar-refractivity contribution in [3.63, 3.8) is 0 Å². The van der Waals surface area contributed by atoms with Crippen LogP contribution in [-0.4, -0.2) is 65.2 Å². The summed E-state index contributed by atoms with van der Waals surface area (Å²) in [6.45, 7) is 17.9. The van der Waals surface area contributed by atoms with Gasteiger partial charge in [0.15, 0.2) is 0 Å². The number of nitrogens with zero attached hydrogens (tertiary/aromatic N) is 1. The van der Waals surface area contributed by atoms with Crippen LogP contribution >= 0.6 is 7.14 Å². The van der Waals surface area contributed by atoms with Crippen LogP contribution in [0.5, 0.6) is 11.5 Å². The number of carbonyl (C=O) groups excluding carboxylic acids is 1. The smallest absolute Gasteiger partial charge is 0.342 e. The minimum Gasteiger partial charge on any atom is -0.496 e. The molecule has 2 aromatic carbocycles. The molecular weight excluding hydrogens is 525 g/mol. The minimum absolute atomic E-state index is 0.253. The number of rotatable bonds is 14. The molecule has 0 spiro atoms. The SMILES string of the molecule is COc1c(C)c2c(c(OCC[Si](C)(C)C)c1C/C=C(\C)CN(CCP(C)(C)=O)Cc1ccccc1)C(=O)OC2. The normalized spacial score (nSPS) is 14.0. The van der Waals surface area contributed by atoms with Gasteiger partial charge >= 0.3 is 5.97 Å². The summed E-state index contributed by atoms with van der Waals surface area (Å²) < 4.78 is 30.2. The number of cyclic esters (lactones) is 1. The lowest BCUT2D eigenvalue weighted by Gasteiger charge is -2.24. The van der Waals surface area contributed by atoms with Crippen molar-refractivity contribution in [3.8, 4) is 11.5 Å². The molecule has 0 amide bonds. The molecule has 0 atom stereocenters. The molecule has 1 heterocycles. The zero-order valence-electron chi connectivity index (χ0n) is 25.1. The molecule has 6 nitrogen and oxygen atoms in total. The molecule has 1 aliphatic rings. The minimum atomic E-state index is -2.13. The number of allylic oxidation sites excluding steroid dienone is 1. The molecule has 0 unspecified atom stereocenters. The van der Waals surface area contributed by atoms with E-state index >= 15 is 0 Å². The highest BCUT2D eigenvalue weighted by Crippen LogP contribution is 2.43. The number of methoxy groups -OCH3 is 1. The van der Waals surface area contributed by atoms with Gasteiger partial charge < -0.3 is 18.8 Å². The summed E-state index contributed by atoms with van der Waals surface area (Å²) >= 11 is 0. The van der Waals surface area contributed by atoms with E-state index in [1.165, 1.54) is 11.1 Å². The first kappa shape index (κ1) is 31.2. The Kier molecular flexibility index (Phi) is 10.7. The van der Waals surface area contributed by atoms with Crippen molar-refractivity contribution in [3.05, 3.63) is 69.8 Å². The van der Waals surface area contributed by atoms with Crippen molar-refractivity contribution in [1.29, 1.82) is 0 Å². The molecule has 0 bridgehead atoms. The molecule has 3 rings (SSSR count). The maximum Gasteiger partial charge on any atom is 0.342 e. The third-order valence-electron chi connectivity index (χ3n) is 7.06. The Balaban J connectivity index is 1.89. The number of hydrogen-bond donors (Lipinski definition) is 0. The number of hydrogen-bond acceptors (Lipinski definition) is 6. The first-order valence-electron chi connectivity index (χ1n) is 13.8. The molecule has 0 fully saturated rings. The fourth-order valence-electron chi connectivity index (χ4n) is 4.76. The van der Waals surface area contributed by atoms with E-state index in [0.29, 0.717) is 30.5 Å². The number of fused-ring (bicyclic) bond motifs is 1. The van der Waals surface area contributed by atoms with Crippen LogP contribution in [0.1, 0.15) is 39.5 Å². The molecule has 0 saturated carbocycles. The van der Waals surface area contributed by atoms with E-state index in [1.54, 1.807) is 7.11 Å². The highest BCUT2D eigenvalue weighted by atomic mass is 31.2. The van der Waals surface area contributed by atoms with Gasteiger partial charge in [-0.3, -0.25) is 4.90 Å². The van der Waals surface area contributed by atoms with Gasteiger partial charge in [-0.25, -0.2) is 4.79 Å². The first-order valence-corrected chi connectivity index (χ1v) is 20.3. The lowest BCUT2D eigenvalue weighted by atomic mass is 9.94. The number of ether oxygens (including phenoxy) is 3. The van der Waals surface area contributed by atoms with E-state index in [4.69, 9.17) is 14.2 Å². The molecule has 1 aliphatic heterocycles. The van der Waals surface area contributed by atoms with E-state index in [2.05, 4.69) is 61.8 Å². The quantitative estimate of drug-likeness (QED) is 0.105. The molecular formula is C31H46NO5PSi. The van der Waals surface area contributed by atoms with Crippen LogP contribution in [0.15, 0.2) is 42.0 Å². The Morgan fingerprint density at radius 2 is 1.85 bits per heavy atom. The van der Waals surface area contributed by atoms with Crippen LogP contribution in [-0.2, 0) is 28.9 Å². The molecule has 39 heavy (non-hydrogen) atoms. The average molecular weight is 572 g/mol. The Morgan fingerprint density at radius 1 is 1.15 bits per heavy atom. The van der Waals surface area contributed by atoms with E-state index < -0.39 is 15.2 Å². The van der Waals surface area contributed by atoms with Crippen LogP contribution in [0.25, 0.3) is 0 Å². The molecule has 0 radical (unpaired) electrons. The molecule has 214 valence electrons. The topological polar surface area (TPSA) is 65.1 Å². The summed E-state index contributed by atoms with van der Waals surface area (Å²) in [5.41, 5.74) is 5.68. The zero-order chi connectivity index (χ0) is 28.8. The van der Waals surface area contributed by atoms with E-state index in [0.717, 1.165) is 48.1 Å². The second-order valence-corrected chi connectivity index (χ2v) is 21.5. The fraction of sp³-hybridized carbons (Fsp3) is 0.516. The van der Waals surface area contributed by atoms with Gasteiger partial charge in [-0.05, 0) is 50.8 Å². The van der Waals surface area contributed by atoms with Crippen LogP contribution in [0.3, 0.4) is 0 Å². The largest absolute Gasteiger partial charge is 0.496 e. The van der Waals surface area contributed by atoms with Crippen molar-refractivity contribution in [2.75, 3.05) is 46.3 Å². The first-order chi connectivity index (χ1) is 18.3. The van der Waals surface area contributed by atoms with Crippen molar-refractivity contribution >= 4 is 21.2 Å². The van der Waals surface area contributed by atoms with E-state index in [1.807, 2.05) is 26.3 Å². The van der Waals surface area contributed by atoms with Crippen molar-refractivity contribution in [1.82, 2.24) is 4.90 Å². The highest BCUT2D eigenvalue weighted by Gasteiger charge is 2.33. The van der Waals surface area contributed by atoms with Gasteiger partial charge in [0.1, 0.15) is 23.7 Å². The summed E-state index contributed by atoms with van der Waals surface area (Å²) in [6, 6.07) is 11.4. The van der Waals surface area contributed by atoms with E-state index in [9.17, 15) is 9.36 Å². The van der Waals surface area contributed by atoms with Gasteiger partial charge in [0.2, 0.25) is 0 Å². The maximum atomic E-state index is 12.8. The summed E-state index contributed by atoms with van der Waals surface area (Å²) in [5.74, 6) is 1.05. The van der Waals surface area contributed by atoms with Crippen LogP contribution in [0.2, 0.25) is 25.7 Å². The van der Waals surface area contributed by atoms with Gasteiger partial charge in [0.05, 0.1) is 20.9 Å². The lowest BCUT2D eigenvalue weighted by Crippen LogP contribution is -2.28. The lowest BCUT2D eigenvalue weighted by molar-refractivity contribution is 0.0532. The molecule has 8 heteroatoms.